The highest BCUT2D eigenvalue weighted by Crippen LogP contribution is 2.37. The molecule has 1 unspecified atom stereocenters. The molecule has 5 rings (SSSR count). The van der Waals surface area contributed by atoms with Crippen molar-refractivity contribution in [3.8, 4) is 0 Å². The topological polar surface area (TPSA) is 84.6 Å². The predicted molar refractivity (Wildman–Crippen MR) is 113 cm³/mol. The fraction of sp³-hybridized carbons (Fsp3) is 0.500. The summed E-state index contributed by atoms with van der Waals surface area (Å²) >= 11 is 0. The number of urea groups is 1. The van der Waals surface area contributed by atoms with Gasteiger partial charge < -0.3 is 15.1 Å². The van der Waals surface area contributed by atoms with Crippen molar-refractivity contribution in [2.24, 2.45) is 0 Å². The summed E-state index contributed by atoms with van der Waals surface area (Å²) in [6.07, 6.45) is 2.28. The van der Waals surface area contributed by atoms with Gasteiger partial charge in [0.1, 0.15) is 0 Å². The second-order valence-electron chi connectivity index (χ2n) is 8.90. The number of carbonyl (C=O) groups excluding carboxylic acids is 2. The molecule has 3 aliphatic heterocycles. The zero-order valence-corrected chi connectivity index (χ0v) is 18.1. The van der Waals surface area contributed by atoms with Crippen LogP contribution in [-0.2, 0) is 6.54 Å². The Labute approximate surface area is 184 Å². The van der Waals surface area contributed by atoms with Gasteiger partial charge in [0.2, 0.25) is 0 Å². The van der Waals surface area contributed by atoms with Gasteiger partial charge in [0.15, 0.2) is 17.5 Å². The summed E-state index contributed by atoms with van der Waals surface area (Å²) in [4.78, 5) is 32.1. The molecule has 2 saturated heterocycles. The summed E-state index contributed by atoms with van der Waals surface area (Å²) in [5, 5.41) is 9.60. The molecular weight excluding hydrogens is 418 g/mol. The number of carbonyl (C=O) groups is 2. The van der Waals surface area contributed by atoms with E-state index in [-0.39, 0.29) is 30.5 Å². The number of amides is 3. The minimum atomic E-state index is -1.21. The van der Waals surface area contributed by atoms with Crippen molar-refractivity contribution in [2.45, 2.75) is 51.4 Å². The Balaban J connectivity index is 1.32. The van der Waals surface area contributed by atoms with Gasteiger partial charge in [0.25, 0.3) is 5.91 Å². The molecule has 0 bridgehead atoms. The Morgan fingerprint density at radius 2 is 2.00 bits per heavy atom. The molecule has 170 valence electrons. The highest BCUT2D eigenvalue weighted by molar-refractivity contribution is 6.04. The van der Waals surface area contributed by atoms with E-state index < -0.39 is 23.1 Å². The smallest absolute Gasteiger partial charge is 0.319 e. The molecule has 32 heavy (non-hydrogen) atoms. The molecule has 0 aliphatic carbocycles. The van der Waals surface area contributed by atoms with E-state index in [1.54, 1.807) is 4.90 Å². The average Bonchev–Trinajstić information content (AvgIpc) is 3.46. The number of anilines is 1. The van der Waals surface area contributed by atoms with Crippen LogP contribution in [0.4, 0.5) is 19.4 Å². The van der Waals surface area contributed by atoms with Gasteiger partial charge in [-0.05, 0) is 45.4 Å². The Kier molecular flexibility index (Phi) is 5.11. The van der Waals surface area contributed by atoms with Crippen molar-refractivity contribution in [1.82, 2.24) is 24.9 Å². The van der Waals surface area contributed by atoms with Crippen LogP contribution in [0.3, 0.4) is 0 Å². The highest BCUT2D eigenvalue weighted by Gasteiger charge is 2.42. The van der Waals surface area contributed by atoms with Gasteiger partial charge in [0.05, 0.1) is 23.8 Å². The first-order valence-corrected chi connectivity index (χ1v) is 11.0. The fourth-order valence-electron chi connectivity index (χ4n) is 5.16. The van der Waals surface area contributed by atoms with Crippen molar-refractivity contribution in [2.75, 3.05) is 25.0 Å². The van der Waals surface area contributed by atoms with Crippen LogP contribution in [0.1, 0.15) is 54.3 Å². The molecule has 2 N–H and O–H groups in total. The van der Waals surface area contributed by atoms with Crippen LogP contribution in [-0.4, -0.2) is 68.6 Å². The number of H-pyrrole nitrogens is 1. The summed E-state index contributed by atoms with van der Waals surface area (Å²) in [6.45, 7) is 6.97. The Morgan fingerprint density at radius 3 is 2.81 bits per heavy atom. The largest absolute Gasteiger partial charge is 0.321 e. The first-order valence-electron chi connectivity index (χ1n) is 11.0. The number of halogens is 2. The molecule has 4 heterocycles. The van der Waals surface area contributed by atoms with Crippen molar-refractivity contribution >= 4 is 17.8 Å². The standard InChI is InChI=1S/C22H26F2N6O2/c1-12-9-28-8-4-5-14(28)10-29(12)22(32)30-11-16-19(13(30)2)26-27-20(16)25-21(31)15-6-3-7-17(23)18(15)24/h3,6-7,12-14H,4-5,8-11H2,1-2H3,(H2,25,26,27,31)/t12-,13?,14-/m0/s1. The molecule has 0 radical (unpaired) electrons. The highest BCUT2D eigenvalue weighted by atomic mass is 19.2. The number of rotatable bonds is 2. The third-order valence-electron chi connectivity index (χ3n) is 6.97. The maximum Gasteiger partial charge on any atom is 0.321 e. The molecule has 3 aliphatic rings. The van der Waals surface area contributed by atoms with E-state index in [2.05, 4.69) is 27.3 Å². The zero-order valence-electron chi connectivity index (χ0n) is 18.1. The summed E-state index contributed by atoms with van der Waals surface area (Å²) in [5.41, 5.74) is 1.02. The third kappa shape index (κ3) is 3.33. The second-order valence-corrected chi connectivity index (χ2v) is 8.90. The predicted octanol–water partition coefficient (Wildman–Crippen LogP) is 3.11. The SMILES string of the molecule is CC1c2[nH]nc(NC(=O)c3cccc(F)c3F)c2CN1C(=O)N1C[C@@H]2CCCN2C[C@@H]1C. The van der Waals surface area contributed by atoms with Crippen LogP contribution in [0, 0.1) is 11.6 Å². The van der Waals surface area contributed by atoms with Crippen LogP contribution >= 0.6 is 0 Å². The van der Waals surface area contributed by atoms with E-state index >= 15 is 0 Å². The lowest BCUT2D eigenvalue weighted by molar-refractivity contribution is 0.0580. The summed E-state index contributed by atoms with van der Waals surface area (Å²) in [7, 11) is 0. The van der Waals surface area contributed by atoms with Gasteiger partial charge in [-0.25, -0.2) is 13.6 Å². The van der Waals surface area contributed by atoms with Crippen LogP contribution in [0.5, 0.6) is 0 Å². The maximum absolute atomic E-state index is 14.0. The molecule has 1 aromatic carbocycles. The van der Waals surface area contributed by atoms with E-state index in [1.165, 1.54) is 18.6 Å². The molecule has 3 amide bonds. The number of hydrogen-bond acceptors (Lipinski definition) is 4. The molecule has 1 aromatic heterocycles. The van der Waals surface area contributed by atoms with Crippen molar-refractivity contribution in [3.05, 3.63) is 46.7 Å². The molecule has 8 nitrogen and oxygen atoms in total. The zero-order chi connectivity index (χ0) is 22.6. The number of piperazine rings is 1. The van der Waals surface area contributed by atoms with E-state index in [0.29, 0.717) is 11.6 Å². The molecule has 2 fully saturated rings. The quantitative estimate of drug-likeness (QED) is 0.746. The van der Waals surface area contributed by atoms with E-state index in [4.69, 9.17) is 0 Å². The first kappa shape index (κ1) is 20.9. The molecule has 2 aromatic rings. The van der Waals surface area contributed by atoms with Crippen LogP contribution in [0.15, 0.2) is 18.2 Å². The lowest BCUT2D eigenvalue weighted by Crippen LogP contribution is -2.59. The Bertz CT molecular complexity index is 1070. The Hall–Kier alpha value is -3.01. The number of fused-ring (bicyclic) bond motifs is 2. The van der Waals surface area contributed by atoms with Crippen LogP contribution < -0.4 is 5.32 Å². The maximum atomic E-state index is 14.0. The summed E-state index contributed by atoms with van der Waals surface area (Å²) in [5.74, 6) is -2.86. The van der Waals surface area contributed by atoms with Crippen molar-refractivity contribution in [1.29, 1.82) is 0 Å². The molecule has 0 spiro atoms. The van der Waals surface area contributed by atoms with Crippen LogP contribution in [0.25, 0.3) is 0 Å². The number of aromatic amines is 1. The minimum absolute atomic E-state index is 0.0328. The fourth-order valence-corrected chi connectivity index (χ4v) is 5.16. The summed E-state index contributed by atoms with van der Waals surface area (Å²) < 4.78 is 27.5. The van der Waals surface area contributed by atoms with Crippen molar-refractivity contribution in [3.63, 3.8) is 0 Å². The van der Waals surface area contributed by atoms with Gasteiger partial charge in [0, 0.05) is 30.7 Å². The third-order valence-corrected chi connectivity index (χ3v) is 6.97. The van der Waals surface area contributed by atoms with Gasteiger partial charge in [-0.3, -0.25) is 14.8 Å². The number of hydrogen-bond donors (Lipinski definition) is 2. The van der Waals surface area contributed by atoms with E-state index in [9.17, 15) is 18.4 Å². The number of aromatic nitrogens is 2. The molecule has 0 saturated carbocycles. The van der Waals surface area contributed by atoms with Crippen molar-refractivity contribution < 1.29 is 18.4 Å². The Morgan fingerprint density at radius 1 is 1.19 bits per heavy atom. The normalized spacial score (nSPS) is 25.1. The number of nitrogens with zero attached hydrogens (tertiary/aromatic N) is 4. The average molecular weight is 444 g/mol. The number of benzene rings is 1. The second kappa shape index (κ2) is 7.84. The lowest BCUT2D eigenvalue weighted by atomic mass is 10.1. The lowest BCUT2D eigenvalue weighted by Gasteiger charge is -2.44. The summed E-state index contributed by atoms with van der Waals surface area (Å²) in [6, 6.07) is 3.71. The molecular formula is C22H26F2N6O2. The monoisotopic (exact) mass is 444 g/mol. The van der Waals surface area contributed by atoms with E-state index in [0.717, 1.165) is 37.8 Å². The molecule has 3 atom stereocenters. The van der Waals surface area contributed by atoms with Crippen LogP contribution in [0.2, 0.25) is 0 Å². The van der Waals surface area contributed by atoms with Gasteiger partial charge >= 0.3 is 6.03 Å². The number of nitrogens with one attached hydrogen (secondary N) is 2. The van der Waals surface area contributed by atoms with Gasteiger partial charge in [-0.1, -0.05) is 6.07 Å². The molecule has 10 heteroatoms. The minimum Gasteiger partial charge on any atom is -0.319 e. The van der Waals surface area contributed by atoms with Gasteiger partial charge in [-0.2, -0.15) is 5.10 Å². The van der Waals surface area contributed by atoms with E-state index in [1.807, 2.05) is 11.8 Å². The first-order chi connectivity index (χ1) is 15.3. The van der Waals surface area contributed by atoms with Gasteiger partial charge in [-0.15, -0.1) is 0 Å².